The molecular formula is C29H30N2O2S. The molecule has 0 radical (unpaired) electrons. The maximum absolute atomic E-state index is 12.9. The van der Waals surface area contributed by atoms with E-state index in [2.05, 4.69) is 23.5 Å². The van der Waals surface area contributed by atoms with Crippen molar-refractivity contribution in [1.29, 1.82) is 0 Å². The molecule has 1 heterocycles. The Morgan fingerprint density at radius 1 is 1.00 bits per heavy atom. The Bertz CT molecular complexity index is 1180. The topological polar surface area (TPSA) is 49.4 Å². The van der Waals surface area contributed by atoms with E-state index in [0.29, 0.717) is 17.9 Å². The van der Waals surface area contributed by atoms with E-state index in [1.165, 1.54) is 24.0 Å². The van der Waals surface area contributed by atoms with Gasteiger partial charge in [0.1, 0.15) is 5.37 Å². The van der Waals surface area contributed by atoms with Crippen LogP contribution in [0.2, 0.25) is 0 Å². The van der Waals surface area contributed by atoms with Crippen LogP contribution in [0.15, 0.2) is 72.8 Å². The fourth-order valence-corrected chi connectivity index (χ4v) is 6.05. The van der Waals surface area contributed by atoms with E-state index in [1.807, 2.05) is 66.4 Å². The van der Waals surface area contributed by atoms with E-state index < -0.39 is 0 Å². The highest BCUT2D eigenvalue weighted by atomic mass is 32.2. The summed E-state index contributed by atoms with van der Waals surface area (Å²) in [5.41, 5.74) is 6.84. The summed E-state index contributed by atoms with van der Waals surface area (Å²) in [5, 5.41) is 3.12. The van der Waals surface area contributed by atoms with Crippen molar-refractivity contribution in [2.24, 2.45) is 0 Å². The number of hydrogen-bond donors (Lipinski definition) is 1. The zero-order valence-electron chi connectivity index (χ0n) is 19.5. The Kier molecular flexibility index (Phi) is 6.73. The molecule has 1 saturated heterocycles. The Labute approximate surface area is 205 Å². The number of amides is 2. The van der Waals surface area contributed by atoms with Gasteiger partial charge in [-0.15, -0.1) is 11.8 Å². The molecule has 5 heteroatoms. The van der Waals surface area contributed by atoms with Crippen LogP contribution in [0.3, 0.4) is 0 Å². The molecular weight excluding hydrogens is 440 g/mol. The summed E-state index contributed by atoms with van der Waals surface area (Å²) in [4.78, 5) is 27.4. The van der Waals surface area contributed by atoms with Crippen LogP contribution in [-0.2, 0) is 24.2 Å². The van der Waals surface area contributed by atoms with Gasteiger partial charge in [0, 0.05) is 12.1 Å². The molecule has 1 fully saturated rings. The smallest absolute Gasteiger partial charge is 0.251 e. The number of nitrogens with zero attached hydrogens (tertiary/aromatic N) is 1. The highest BCUT2D eigenvalue weighted by Gasteiger charge is 2.32. The van der Waals surface area contributed by atoms with Crippen LogP contribution in [0.4, 0.5) is 0 Å². The molecule has 0 aromatic heterocycles. The van der Waals surface area contributed by atoms with Crippen molar-refractivity contribution in [2.75, 3.05) is 5.75 Å². The number of nitrogens with one attached hydrogen (secondary N) is 1. The van der Waals surface area contributed by atoms with Crippen LogP contribution < -0.4 is 5.32 Å². The second-order valence-corrected chi connectivity index (χ2v) is 10.3. The van der Waals surface area contributed by atoms with Gasteiger partial charge in [0.05, 0.1) is 11.8 Å². The minimum atomic E-state index is -0.0759. The first-order valence-electron chi connectivity index (χ1n) is 12.1. The summed E-state index contributed by atoms with van der Waals surface area (Å²) in [5.74, 6) is 0.561. The predicted molar refractivity (Wildman–Crippen MR) is 138 cm³/mol. The maximum Gasteiger partial charge on any atom is 0.251 e. The SMILES string of the molecule is C[C@H](NC(=O)c1ccc([C@H]2SCC(=O)N2Cc2ccccc2)cc1)c1ccc2c(c1)CCCC2. The van der Waals surface area contributed by atoms with Gasteiger partial charge in [0.2, 0.25) is 5.91 Å². The second-order valence-electron chi connectivity index (χ2n) is 9.22. The molecule has 2 aliphatic rings. The van der Waals surface area contributed by atoms with Crippen LogP contribution >= 0.6 is 11.8 Å². The number of carbonyl (C=O) groups is 2. The van der Waals surface area contributed by atoms with Crippen molar-refractivity contribution in [3.05, 3.63) is 106 Å². The number of aryl methyl sites for hydroxylation is 2. The number of fused-ring (bicyclic) bond motifs is 1. The van der Waals surface area contributed by atoms with Crippen LogP contribution in [0.1, 0.15) is 69.4 Å². The lowest BCUT2D eigenvalue weighted by atomic mass is 9.89. The first kappa shape index (κ1) is 22.7. The number of rotatable bonds is 6. The summed E-state index contributed by atoms with van der Waals surface area (Å²) < 4.78 is 0. The van der Waals surface area contributed by atoms with E-state index >= 15 is 0 Å². The average Bonchev–Trinajstić information content (AvgIpc) is 3.24. The first-order chi connectivity index (χ1) is 16.6. The van der Waals surface area contributed by atoms with Gasteiger partial charge in [-0.05, 0) is 72.6 Å². The monoisotopic (exact) mass is 470 g/mol. The van der Waals surface area contributed by atoms with Gasteiger partial charge in [0.15, 0.2) is 0 Å². The summed E-state index contributed by atoms with van der Waals surface area (Å²) in [6.45, 7) is 2.64. The minimum Gasteiger partial charge on any atom is -0.346 e. The van der Waals surface area contributed by atoms with E-state index in [9.17, 15) is 9.59 Å². The van der Waals surface area contributed by atoms with Crippen molar-refractivity contribution in [3.63, 3.8) is 0 Å². The maximum atomic E-state index is 12.9. The Morgan fingerprint density at radius 2 is 1.74 bits per heavy atom. The standard InChI is InChI=1S/C29H30N2O2S/c1-20(25-16-11-22-9-5-6-10-26(22)17-25)30-28(33)23-12-14-24(15-13-23)29-31(27(32)19-34-29)18-21-7-3-2-4-8-21/h2-4,7-8,11-17,20,29H,5-6,9-10,18-19H2,1H3,(H,30,33)/t20-,29+/m0/s1. The van der Waals surface area contributed by atoms with Crippen LogP contribution in [0, 0.1) is 0 Å². The fraction of sp³-hybridized carbons (Fsp3) is 0.310. The molecule has 0 bridgehead atoms. The molecule has 0 spiro atoms. The fourth-order valence-electron chi connectivity index (χ4n) is 4.87. The Balaban J connectivity index is 1.25. The van der Waals surface area contributed by atoms with Gasteiger partial charge in [-0.1, -0.05) is 60.7 Å². The van der Waals surface area contributed by atoms with Crippen molar-refractivity contribution in [2.45, 2.75) is 50.6 Å². The highest BCUT2D eigenvalue weighted by Crippen LogP contribution is 2.39. The third kappa shape index (κ3) is 4.90. The minimum absolute atomic E-state index is 0.0285. The molecule has 1 aliphatic heterocycles. The number of benzene rings is 3. The molecule has 0 saturated carbocycles. The number of carbonyl (C=O) groups excluding carboxylic acids is 2. The molecule has 2 amide bonds. The molecule has 0 unspecified atom stereocenters. The van der Waals surface area contributed by atoms with Gasteiger partial charge in [-0.3, -0.25) is 9.59 Å². The Hall–Kier alpha value is -3.05. The lowest BCUT2D eigenvalue weighted by molar-refractivity contribution is -0.128. The van der Waals surface area contributed by atoms with Crippen molar-refractivity contribution in [3.8, 4) is 0 Å². The van der Waals surface area contributed by atoms with Gasteiger partial charge in [-0.25, -0.2) is 0 Å². The Morgan fingerprint density at radius 3 is 2.50 bits per heavy atom. The molecule has 174 valence electrons. The van der Waals surface area contributed by atoms with E-state index in [1.54, 1.807) is 11.8 Å². The summed E-state index contributed by atoms with van der Waals surface area (Å²) in [6.07, 6.45) is 4.81. The number of thioether (sulfide) groups is 1. The van der Waals surface area contributed by atoms with Gasteiger partial charge >= 0.3 is 0 Å². The van der Waals surface area contributed by atoms with Crippen LogP contribution in [0.5, 0.6) is 0 Å². The number of hydrogen-bond acceptors (Lipinski definition) is 3. The van der Waals surface area contributed by atoms with E-state index in [4.69, 9.17) is 0 Å². The summed E-state index contributed by atoms with van der Waals surface area (Å²) in [6, 6.07) is 24.3. The quantitative estimate of drug-likeness (QED) is 0.493. The molecule has 1 N–H and O–H groups in total. The molecule has 4 nitrogen and oxygen atoms in total. The van der Waals surface area contributed by atoms with Gasteiger partial charge < -0.3 is 10.2 Å². The van der Waals surface area contributed by atoms with Crippen molar-refractivity contribution in [1.82, 2.24) is 10.2 Å². The van der Waals surface area contributed by atoms with E-state index in [0.717, 1.165) is 29.5 Å². The lowest BCUT2D eigenvalue weighted by Gasteiger charge is -2.24. The third-order valence-electron chi connectivity index (χ3n) is 6.84. The summed E-state index contributed by atoms with van der Waals surface area (Å²) >= 11 is 1.64. The third-order valence-corrected chi connectivity index (χ3v) is 8.10. The molecule has 3 aromatic rings. The highest BCUT2D eigenvalue weighted by molar-refractivity contribution is 8.00. The lowest BCUT2D eigenvalue weighted by Crippen LogP contribution is -2.28. The largest absolute Gasteiger partial charge is 0.346 e. The molecule has 34 heavy (non-hydrogen) atoms. The van der Waals surface area contributed by atoms with Crippen molar-refractivity contribution >= 4 is 23.6 Å². The van der Waals surface area contributed by atoms with Crippen molar-refractivity contribution < 1.29 is 9.59 Å². The van der Waals surface area contributed by atoms with E-state index in [-0.39, 0.29) is 23.2 Å². The first-order valence-corrected chi connectivity index (χ1v) is 13.1. The zero-order chi connectivity index (χ0) is 23.5. The summed E-state index contributed by atoms with van der Waals surface area (Å²) in [7, 11) is 0. The molecule has 1 aliphatic carbocycles. The predicted octanol–water partition coefficient (Wildman–Crippen LogP) is 5.83. The molecule has 3 aromatic carbocycles. The zero-order valence-corrected chi connectivity index (χ0v) is 20.3. The van der Waals surface area contributed by atoms with Crippen LogP contribution in [-0.4, -0.2) is 22.5 Å². The van der Waals surface area contributed by atoms with Gasteiger partial charge in [-0.2, -0.15) is 0 Å². The van der Waals surface area contributed by atoms with Gasteiger partial charge in [0.25, 0.3) is 5.91 Å². The normalized spacial score (nSPS) is 18.4. The average molecular weight is 471 g/mol. The second kappa shape index (κ2) is 10.1. The van der Waals surface area contributed by atoms with Crippen LogP contribution in [0.25, 0.3) is 0 Å². The molecule has 5 rings (SSSR count). The molecule has 2 atom stereocenters.